The molecule has 4 heteroatoms. The molecule has 0 unspecified atom stereocenters. The number of hydrogen-bond donors (Lipinski definition) is 1. The molecule has 0 saturated heterocycles. The van der Waals surface area contributed by atoms with E-state index >= 15 is 0 Å². The van der Waals surface area contributed by atoms with Crippen LogP contribution < -0.4 is 5.73 Å². The Kier molecular flexibility index (Phi) is 3.71. The Morgan fingerprint density at radius 2 is 1.90 bits per heavy atom. The molecule has 0 aliphatic heterocycles. The van der Waals surface area contributed by atoms with Crippen molar-refractivity contribution >= 4 is 17.0 Å². The smallest absolute Gasteiger partial charge is 0.123 e. The van der Waals surface area contributed by atoms with Gasteiger partial charge in [-0.2, -0.15) is 0 Å². The highest BCUT2D eigenvalue weighted by Crippen LogP contribution is 2.27. The highest BCUT2D eigenvalue weighted by atomic mass is 32.1. The second-order valence-electron chi connectivity index (χ2n) is 5.02. The van der Waals surface area contributed by atoms with Crippen LogP contribution in [0.25, 0.3) is 10.6 Å². The van der Waals surface area contributed by atoms with Crippen LogP contribution in [0.15, 0.2) is 47.8 Å². The van der Waals surface area contributed by atoms with Gasteiger partial charge in [0.15, 0.2) is 0 Å². The lowest BCUT2D eigenvalue weighted by Crippen LogP contribution is -1.91. The average molecular weight is 298 g/mol. The van der Waals surface area contributed by atoms with Crippen LogP contribution in [0.5, 0.6) is 0 Å². The Morgan fingerprint density at radius 1 is 1.14 bits per heavy atom. The van der Waals surface area contributed by atoms with Gasteiger partial charge in [0, 0.05) is 23.1 Å². The summed E-state index contributed by atoms with van der Waals surface area (Å²) in [4.78, 5) is 4.64. The van der Waals surface area contributed by atoms with Crippen molar-refractivity contribution in [3.8, 4) is 10.6 Å². The lowest BCUT2D eigenvalue weighted by molar-refractivity contribution is 0.627. The maximum absolute atomic E-state index is 12.9. The Bertz CT molecular complexity index is 763. The number of rotatable bonds is 3. The number of halogens is 1. The van der Waals surface area contributed by atoms with E-state index in [0.717, 1.165) is 33.1 Å². The highest BCUT2D eigenvalue weighted by Gasteiger charge is 2.07. The van der Waals surface area contributed by atoms with Crippen molar-refractivity contribution in [3.63, 3.8) is 0 Å². The predicted molar refractivity (Wildman–Crippen MR) is 85.9 cm³/mol. The first-order valence-electron chi connectivity index (χ1n) is 6.67. The molecule has 2 nitrogen and oxygen atoms in total. The summed E-state index contributed by atoms with van der Waals surface area (Å²) < 4.78 is 12.9. The highest BCUT2D eigenvalue weighted by molar-refractivity contribution is 7.13. The number of hydrogen-bond acceptors (Lipinski definition) is 3. The minimum atomic E-state index is -0.215. The molecule has 1 aromatic heterocycles. The lowest BCUT2D eigenvalue weighted by atomic mass is 10.1. The molecule has 0 atom stereocenters. The van der Waals surface area contributed by atoms with E-state index in [1.807, 2.05) is 30.5 Å². The molecule has 0 bridgehead atoms. The zero-order valence-electron chi connectivity index (χ0n) is 11.6. The van der Waals surface area contributed by atoms with Crippen LogP contribution in [0.2, 0.25) is 0 Å². The molecular weight excluding hydrogens is 283 g/mol. The molecule has 3 aromatic rings. The third kappa shape index (κ3) is 3.11. The Balaban J connectivity index is 1.82. The first kappa shape index (κ1) is 13.8. The zero-order valence-corrected chi connectivity index (χ0v) is 12.5. The molecule has 0 spiro atoms. The number of aromatic nitrogens is 1. The van der Waals surface area contributed by atoms with Gasteiger partial charge in [0.25, 0.3) is 0 Å². The summed E-state index contributed by atoms with van der Waals surface area (Å²) in [5.74, 6) is -0.215. The number of aryl methyl sites for hydroxylation is 1. The summed E-state index contributed by atoms with van der Waals surface area (Å²) in [7, 11) is 0. The molecule has 2 aromatic carbocycles. The van der Waals surface area contributed by atoms with E-state index in [0.29, 0.717) is 6.42 Å². The van der Waals surface area contributed by atoms with Gasteiger partial charge in [-0.15, -0.1) is 11.3 Å². The number of thiazole rings is 1. The normalized spacial score (nSPS) is 10.8. The molecule has 0 fully saturated rings. The summed E-state index contributed by atoms with van der Waals surface area (Å²) in [5.41, 5.74) is 10.9. The van der Waals surface area contributed by atoms with Crippen LogP contribution in [-0.2, 0) is 6.42 Å². The van der Waals surface area contributed by atoms with E-state index in [1.54, 1.807) is 23.5 Å². The topological polar surface area (TPSA) is 38.9 Å². The number of nitrogen functional groups attached to an aromatic ring is 1. The molecule has 3 rings (SSSR count). The van der Waals surface area contributed by atoms with E-state index < -0.39 is 0 Å². The zero-order chi connectivity index (χ0) is 14.8. The van der Waals surface area contributed by atoms with E-state index in [2.05, 4.69) is 4.98 Å². The van der Waals surface area contributed by atoms with Crippen LogP contribution in [0.3, 0.4) is 0 Å². The fourth-order valence-corrected chi connectivity index (χ4v) is 2.92. The molecule has 2 N–H and O–H groups in total. The number of nitrogens with two attached hydrogens (primary N) is 1. The summed E-state index contributed by atoms with van der Waals surface area (Å²) >= 11 is 1.60. The van der Waals surface area contributed by atoms with Crippen molar-refractivity contribution in [2.75, 3.05) is 5.73 Å². The molecule has 1 heterocycles. The summed E-state index contributed by atoms with van der Waals surface area (Å²) in [6.45, 7) is 1.99. The Morgan fingerprint density at radius 3 is 2.62 bits per heavy atom. The van der Waals surface area contributed by atoms with Gasteiger partial charge in [0.05, 0.1) is 5.69 Å². The van der Waals surface area contributed by atoms with Crippen LogP contribution in [0.1, 0.15) is 16.8 Å². The van der Waals surface area contributed by atoms with E-state index in [-0.39, 0.29) is 5.82 Å². The quantitative estimate of drug-likeness (QED) is 0.726. The standard InChI is InChI=1S/C17H15FN2S/c1-11-2-5-13(9-16(11)19)17-20-15(10-21-17)8-12-3-6-14(18)7-4-12/h2-7,9-10H,8,19H2,1H3. The predicted octanol–water partition coefficient (Wildman–Crippen LogP) is 4.43. The second kappa shape index (κ2) is 5.66. The number of nitrogens with zero attached hydrogens (tertiary/aromatic N) is 1. The maximum atomic E-state index is 12.9. The Labute approximate surface area is 127 Å². The molecular formula is C17H15FN2S. The minimum Gasteiger partial charge on any atom is -0.398 e. The third-order valence-corrected chi connectivity index (χ3v) is 4.32. The van der Waals surface area contributed by atoms with Gasteiger partial charge in [-0.3, -0.25) is 0 Å². The fraction of sp³-hybridized carbons (Fsp3) is 0.118. The van der Waals surface area contributed by atoms with Crippen LogP contribution in [-0.4, -0.2) is 4.98 Å². The average Bonchev–Trinajstić information content (AvgIpc) is 2.93. The fourth-order valence-electron chi connectivity index (χ4n) is 2.11. The lowest BCUT2D eigenvalue weighted by Gasteiger charge is -2.02. The van der Waals surface area contributed by atoms with Crippen LogP contribution in [0.4, 0.5) is 10.1 Å². The van der Waals surface area contributed by atoms with E-state index in [1.165, 1.54) is 12.1 Å². The van der Waals surface area contributed by atoms with E-state index in [4.69, 9.17) is 5.73 Å². The molecule has 106 valence electrons. The monoisotopic (exact) mass is 298 g/mol. The van der Waals surface area contributed by atoms with Crippen molar-refractivity contribution in [2.45, 2.75) is 13.3 Å². The minimum absolute atomic E-state index is 0.215. The van der Waals surface area contributed by atoms with Gasteiger partial charge in [-0.25, -0.2) is 9.37 Å². The first-order chi connectivity index (χ1) is 10.1. The van der Waals surface area contributed by atoms with Crippen molar-refractivity contribution in [3.05, 3.63) is 70.5 Å². The maximum Gasteiger partial charge on any atom is 0.123 e. The SMILES string of the molecule is Cc1ccc(-c2nc(Cc3ccc(F)cc3)cs2)cc1N. The van der Waals surface area contributed by atoms with Gasteiger partial charge in [-0.05, 0) is 36.2 Å². The molecule has 0 aliphatic carbocycles. The van der Waals surface area contributed by atoms with Gasteiger partial charge in [-0.1, -0.05) is 24.3 Å². The van der Waals surface area contributed by atoms with E-state index in [9.17, 15) is 4.39 Å². The third-order valence-electron chi connectivity index (χ3n) is 3.38. The molecule has 0 saturated carbocycles. The molecule has 0 aliphatic rings. The van der Waals surface area contributed by atoms with Crippen LogP contribution >= 0.6 is 11.3 Å². The number of anilines is 1. The Hall–Kier alpha value is -2.20. The van der Waals surface area contributed by atoms with Crippen molar-refractivity contribution in [1.82, 2.24) is 4.98 Å². The van der Waals surface area contributed by atoms with Crippen molar-refractivity contribution in [1.29, 1.82) is 0 Å². The molecule has 21 heavy (non-hydrogen) atoms. The largest absolute Gasteiger partial charge is 0.398 e. The first-order valence-corrected chi connectivity index (χ1v) is 7.55. The summed E-state index contributed by atoms with van der Waals surface area (Å²) in [6.07, 6.45) is 0.706. The van der Waals surface area contributed by atoms with Gasteiger partial charge in [0.2, 0.25) is 0 Å². The second-order valence-corrected chi connectivity index (χ2v) is 5.88. The molecule has 0 amide bonds. The van der Waals surface area contributed by atoms with Gasteiger partial charge < -0.3 is 5.73 Å². The van der Waals surface area contributed by atoms with Crippen molar-refractivity contribution in [2.24, 2.45) is 0 Å². The summed E-state index contributed by atoms with van der Waals surface area (Å²) in [6, 6.07) is 12.5. The molecule has 0 radical (unpaired) electrons. The van der Waals surface area contributed by atoms with Crippen LogP contribution in [0, 0.1) is 12.7 Å². The van der Waals surface area contributed by atoms with Crippen molar-refractivity contribution < 1.29 is 4.39 Å². The number of benzene rings is 2. The summed E-state index contributed by atoms with van der Waals surface area (Å²) in [5, 5.41) is 2.99. The van der Waals surface area contributed by atoms with Gasteiger partial charge >= 0.3 is 0 Å². The van der Waals surface area contributed by atoms with Gasteiger partial charge in [0.1, 0.15) is 10.8 Å².